The van der Waals surface area contributed by atoms with Gasteiger partial charge < -0.3 is 24.4 Å². The maximum absolute atomic E-state index is 5.91. The first-order chi connectivity index (χ1) is 14.0. The molecule has 1 aromatic carbocycles. The van der Waals surface area contributed by atoms with Gasteiger partial charge in [0.25, 0.3) is 0 Å². The van der Waals surface area contributed by atoms with E-state index in [1.165, 1.54) is 6.42 Å². The number of halogens is 1. The number of aliphatic imine (C=N–C) groups is 1. The van der Waals surface area contributed by atoms with Gasteiger partial charge in [0.15, 0.2) is 17.5 Å². The normalized spacial score (nSPS) is 15.4. The number of nitrogens with zero attached hydrogens (tertiary/aromatic N) is 3. The maximum Gasteiger partial charge on any atom is 0.219 e. The van der Waals surface area contributed by atoms with Gasteiger partial charge in [-0.15, -0.1) is 24.0 Å². The van der Waals surface area contributed by atoms with Crippen LogP contribution in [0.25, 0.3) is 0 Å². The Bertz CT molecular complexity index is 834. The number of rotatable bonds is 6. The summed E-state index contributed by atoms with van der Waals surface area (Å²) in [6, 6.07) is 9.31. The van der Waals surface area contributed by atoms with E-state index in [2.05, 4.69) is 34.0 Å². The zero-order valence-electron chi connectivity index (χ0n) is 18.3. The number of guanidine groups is 1. The SMILES string of the molecule is CN=C(NCc1ccc(Oc2c(OC)cccc2OC)nc1)N1CCC(C)(C)C1.I. The molecule has 2 aromatic rings. The zero-order chi connectivity index (χ0) is 20.9. The summed E-state index contributed by atoms with van der Waals surface area (Å²) in [6.07, 6.45) is 2.97. The summed E-state index contributed by atoms with van der Waals surface area (Å²) < 4.78 is 16.6. The lowest BCUT2D eigenvalue weighted by Gasteiger charge is -2.23. The van der Waals surface area contributed by atoms with E-state index in [0.717, 1.165) is 24.6 Å². The largest absolute Gasteiger partial charge is 0.493 e. The minimum atomic E-state index is 0. The fourth-order valence-corrected chi connectivity index (χ4v) is 3.40. The second-order valence-corrected chi connectivity index (χ2v) is 7.83. The minimum Gasteiger partial charge on any atom is -0.493 e. The van der Waals surface area contributed by atoms with E-state index < -0.39 is 0 Å². The van der Waals surface area contributed by atoms with Gasteiger partial charge >= 0.3 is 0 Å². The van der Waals surface area contributed by atoms with Crippen molar-refractivity contribution in [1.82, 2.24) is 15.2 Å². The van der Waals surface area contributed by atoms with Crippen LogP contribution in [-0.2, 0) is 6.54 Å². The van der Waals surface area contributed by atoms with Crippen LogP contribution in [0.15, 0.2) is 41.5 Å². The predicted molar refractivity (Wildman–Crippen MR) is 129 cm³/mol. The Hall–Kier alpha value is -2.23. The number of likely N-dealkylation sites (tertiary alicyclic amines) is 1. The Morgan fingerprint density at radius 2 is 1.87 bits per heavy atom. The lowest BCUT2D eigenvalue weighted by molar-refractivity contribution is 0.342. The van der Waals surface area contributed by atoms with Crippen molar-refractivity contribution >= 4 is 29.9 Å². The molecule has 1 saturated heterocycles. The third-order valence-electron chi connectivity index (χ3n) is 5.03. The van der Waals surface area contributed by atoms with Gasteiger partial charge in [-0.25, -0.2) is 4.98 Å². The summed E-state index contributed by atoms with van der Waals surface area (Å²) in [7, 11) is 5.01. The molecule has 2 heterocycles. The van der Waals surface area contributed by atoms with E-state index in [9.17, 15) is 0 Å². The lowest BCUT2D eigenvalue weighted by Crippen LogP contribution is -2.40. The first kappa shape index (κ1) is 24.0. The molecule has 3 rings (SSSR count). The van der Waals surface area contributed by atoms with Gasteiger partial charge in [-0.2, -0.15) is 0 Å². The Morgan fingerprint density at radius 1 is 1.17 bits per heavy atom. The summed E-state index contributed by atoms with van der Waals surface area (Å²) in [5.74, 6) is 3.09. The average Bonchev–Trinajstić information content (AvgIpc) is 3.09. The third-order valence-corrected chi connectivity index (χ3v) is 5.03. The van der Waals surface area contributed by atoms with E-state index >= 15 is 0 Å². The molecule has 0 atom stereocenters. The molecule has 8 heteroatoms. The summed E-state index contributed by atoms with van der Waals surface area (Å²) in [5.41, 5.74) is 1.38. The highest BCUT2D eigenvalue weighted by atomic mass is 127. The molecule has 164 valence electrons. The molecule has 1 N–H and O–H groups in total. The van der Waals surface area contributed by atoms with Crippen molar-refractivity contribution in [3.63, 3.8) is 0 Å². The second kappa shape index (κ2) is 10.7. The van der Waals surface area contributed by atoms with Gasteiger partial charge in [-0.1, -0.05) is 26.0 Å². The molecule has 7 nitrogen and oxygen atoms in total. The van der Waals surface area contributed by atoms with E-state index in [1.54, 1.807) is 20.4 Å². The highest BCUT2D eigenvalue weighted by Gasteiger charge is 2.30. The van der Waals surface area contributed by atoms with Crippen LogP contribution in [-0.4, -0.2) is 50.2 Å². The molecular weight excluding hydrogens is 495 g/mol. The first-order valence-electron chi connectivity index (χ1n) is 9.75. The number of para-hydroxylation sites is 1. The van der Waals surface area contributed by atoms with E-state index in [0.29, 0.717) is 35.1 Å². The quantitative estimate of drug-likeness (QED) is 0.344. The molecule has 0 saturated carbocycles. The van der Waals surface area contributed by atoms with Gasteiger partial charge in [0.1, 0.15) is 0 Å². The standard InChI is InChI=1S/C22H30N4O3.HI/c1-22(2)11-12-26(15-22)21(23-3)25-14-16-9-10-19(24-13-16)29-20-17(27-4)7-6-8-18(20)28-5;/h6-10,13H,11-12,14-15H2,1-5H3,(H,23,25);1H. The summed E-state index contributed by atoms with van der Waals surface area (Å²) >= 11 is 0. The first-order valence-corrected chi connectivity index (χ1v) is 9.75. The van der Waals surface area contributed by atoms with Crippen molar-refractivity contribution in [2.75, 3.05) is 34.4 Å². The number of ether oxygens (including phenoxy) is 3. The molecule has 0 spiro atoms. The number of benzene rings is 1. The van der Waals surface area contributed by atoms with E-state index in [1.807, 2.05) is 37.4 Å². The average molecular weight is 526 g/mol. The summed E-state index contributed by atoms with van der Waals surface area (Å²) in [6.45, 7) is 7.27. The molecule has 0 aliphatic carbocycles. The fraction of sp³-hybridized carbons (Fsp3) is 0.455. The number of pyridine rings is 1. The topological polar surface area (TPSA) is 68.2 Å². The van der Waals surface area contributed by atoms with E-state index in [4.69, 9.17) is 14.2 Å². The monoisotopic (exact) mass is 526 g/mol. The van der Waals surface area contributed by atoms with Crippen LogP contribution >= 0.6 is 24.0 Å². The summed E-state index contributed by atoms with van der Waals surface area (Å²) in [4.78, 5) is 11.1. The molecule has 1 aliphatic heterocycles. The molecule has 0 amide bonds. The molecule has 1 aliphatic rings. The highest BCUT2D eigenvalue weighted by Crippen LogP contribution is 2.39. The van der Waals surface area contributed by atoms with Crippen molar-refractivity contribution in [2.45, 2.75) is 26.8 Å². The van der Waals surface area contributed by atoms with Crippen LogP contribution in [0.5, 0.6) is 23.1 Å². The minimum absolute atomic E-state index is 0. The Labute approximate surface area is 195 Å². The number of methoxy groups -OCH3 is 2. The van der Waals surface area contributed by atoms with Crippen molar-refractivity contribution < 1.29 is 14.2 Å². The van der Waals surface area contributed by atoms with Crippen molar-refractivity contribution in [2.24, 2.45) is 10.4 Å². The molecular formula is C22H31IN4O3. The molecule has 0 unspecified atom stereocenters. The van der Waals surface area contributed by atoms with Gasteiger partial charge in [0, 0.05) is 38.9 Å². The van der Waals surface area contributed by atoms with Gasteiger partial charge in [-0.3, -0.25) is 4.99 Å². The van der Waals surface area contributed by atoms with Crippen LogP contribution in [0.3, 0.4) is 0 Å². The van der Waals surface area contributed by atoms with Crippen LogP contribution in [0.2, 0.25) is 0 Å². The summed E-state index contributed by atoms with van der Waals surface area (Å²) in [5, 5.41) is 3.43. The van der Waals surface area contributed by atoms with Gasteiger partial charge in [-0.05, 0) is 29.5 Å². The fourth-order valence-electron chi connectivity index (χ4n) is 3.40. The van der Waals surface area contributed by atoms with Gasteiger partial charge in [0.2, 0.25) is 11.6 Å². The maximum atomic E-state index is 5.91. The highest BCUT2D eigenvalue weighted by molar-refractivity contribution is 14.0. The molecule has 1 aromatic heterocycles. The van der Waals surface area contributed by atoms with E-state index in [-0.39, 0.29) is 24.0 Å². The van der Waals surface area contributed by atoms with Crippen LogP contribution < -0.4 is 19.5 Å². The Balaban J connectivity index is 0.00000320. The number of hydrogen-bond acceptors (Lipinski definition) is 5. The lowest BCUT2D eigenvalue weighted by atomic mass is 9.93. The van der Waals surface area contributed by atoms with Gasteiger partial charge in [0.05, 0.1) is 14.2 Å². The number of nitrogens with one attached hydrogen (secondary N) is 1. The molecule has 0 radical (unpaired) electrons. The molecule has 0 bridgehead atoms. The molecule has 1 fully saturated rings. The number of hydrogen-bond donors (Lipinski definition) is 1. The Kier molecular flexibility index (Phi) is 8.57. The zero-order valence-corrected chi connectivity index (χ0v) is 20.6. The smallest absolute Gasteiger partial charge is 0.219 e. The Morgan fingerprint density at radius 3 is 2.37 bits per heavy atom. The van der Waals surface area contributed by atoms with Crippen LogP contribution in [0.4, 0.5) is 0 Å². The third kappa shape index (κ3) is 5.90. The van der Waals surface area contributed by atoms with Crippen molar-refractivity contribution in [1.29, 1.82) is 0 Å². The van der Waals surface area contributed by atoms with Crippen LogP contribution in [0.1, 0.15) is 25.8 Å². The second-order valence-electron chi connectivity index (χ2n) is 7.83. The molecule has 30 heavy (non-hydrogen) atoms. The predicted octanol–water partition coefficient (Wildman–Crippen LogP) is 4.32. The van der Waals surface area contributed by atoms with Crippen molar-refractivity contribution in [3.8, 4) is 23.1 Å². The van der Waals surface area contributed by atoms with Crippen molar-refractivity contribution in [3.05, 3.63) is 42.1 Å². The van der Waals surface area contributed by atoms with Crippen LogP contribution in [0, 0.1) is 5.41 Å². The number of aromatic nitrogens is 1.